The summed E-state index contributed by atoms with van der Waals surface area (Å²) >= 11 is 0. The van der Waals surface area contributed by atoms with E-state index in [1.165, 1.54) is 4.90 Å². The Hall–Kier alpha value is -2.83. The van der Waals surface area contributed by atoms with Crippen LogP contribution in [-0.2, 0) is 16.1 Å². The minimum Gasteiger partial charge on any atom is -0.357 e. The smallest absolute Gasteiger partial charge is 0.325 e. The number of aromatic amines is 1. The number of nitrogens with one attached hydrogen (secondary N) is 2. The third-order valence-electron chi connectivity index (χ3n) is 4.08. The SMILES string of the molecule is Cc1c(CN(C)C(=O)CN2CC(=O)NC2=O)[nH]c2ccccc12. The number of likely N-dealkylation sites (N-methyl/N-ethyl adjacent to an activating group) is 1. The van der Waals surface area contributed by atoms with Crippen molar-refractivity contribution in [2.75, 3.05) is 20.1 Å². The fraction of sp³-hybridized carbons (Fsp3) is 0.312. The van der Waals surface area contributed by atoms with Crippen LogP contribution in [0.1, 0.15) is 11.3 Å². The van der Waals surface area contributed by atoms with Crippen LogP contribution in [0.5, 0.6) is 0 Å². The summed E-state index contributed by atoms with van der Waals surface area (Å²) in [6, 6.07) is 7.45. The number of H-pyrrole nitrogens is 1. The quantitative estimate of drug-likeness (QED) is 0.825. The lowest BCUT2D eigenvalue weighted by Gasteiger charge is -2.20. The summed E-state index contributed by atoms with van der Waals surface area (Å²) < 4.78 is 0. The third kappa shape index (κ3) is 2.90. The van der Waals surface area contributed by atoms with Crippen molar-refractivity contribution >= 4 is 28.7 Å². The van der Waals surface area contributed by atoms with Gasteiger partial charge in [-0.15, -0.1) is 0 Å². The van der Waals surface area contributed by atoms with E-state index in [0.29, 0.717) is 6.54 Å². The van der Waals surface area contributed by atoms with Gasteiger partial charge in [-0.1, -0.05) is 18.2 Å². The van der Waals surface area contributed by atoms with Crippen molar-refractivity contribution in [3.05, 3.63) is 35.5 Å². The van der Waals surface area contributed by atoms with Crippen LogP contribution in [0.3, 0.4) is 0 Å². The summed E-state index contributed by atoms with van der Waals surface area (Å²) in [5.74, 6) is -0.593. The maximum absolute atomic E-state index is 12.3. The van der Waals surface area contributed by atoms with Crippen LogP contribution < -0.4 is 5.32 Å². The highest BCUT2D eigenvalue weighted by atomic mass is 16.2. The van der Waals surface area contributed by atoms with Crippen molar-refractivity contribution < 1.29 is 14.4 Å². The molecule has 0 saturated carbocycles. The van der Waals surface area contributed by atoms with Crippen LogP contribution >= 0.6 is 0 Å². The van der Waals surface area contributed by atoms with Gasteiger partial charge >= 0.3 is 6.03 Å². The standard InChI is InChI=1S/C16H18N4O3/c1-10-11-5-3-4-6-12(11)17-13(10)7-19(2)15(22)9-20-8-14(21)18-16(20)23/h3-6,17H,7-9H2,1-2H3,(H,18,21,23). The Kier molecular flexibility index (Phi) is 3.77. The zero-order valence-electron chi connectivity index (χ0n) is 13.0. The van der Waals surface area contributed by atoms with Crippen LogP contribution in [-0.4, -0.2) is 52.8 Å². The molecule has 2 heterocycles. The van der Waals surface area contributed by atoms with Crippen molar-refractivity contribution in [2.24, 2.45) is 0 Å². The zero-order chi connectivity index (χ0) is 16.6. The summed E-state index contributed by atoms with van der Waals surface area (Å²) in [5.41, 5.74) is 3.10. The van der Waals surface area contributed by atoms with Gasteiger partial charge in [-0.25, -0.2) is 4.79 Å². The summed E-state index contributed by atoms with van der Waals surface area (Å²) in [6.07, 6.45) is 0. The number of carbonyl (C=O) groups is 3. The maximum Gasteiger partial charge on any atom is 0.325 e. The van der Waals surface area contributed by atoms with Gasteiger partial charge in [0, 0.05) is 23.6 Å². The lowest BCUT2D eigenvalue weighted by Crippen LogP contribution is -2.39. The number of benzene rings is 1. The molecule has 0 unspecified atom stereocenters. The average Bonchev–Trinajstić information content (AvgIpc) is 2.99. The predicted octanol–water partition coefficient (Wildman–Crippen LogP) is 0.987. The number of nitrogens with zero attached hydrogens (tertiary/aromatic N) is 2. The Morgan fingerprint density at radius 2 is 2.04 bits per heavy atom. The van der Waals surface area contributed by atoms with E-state index in [0.717, 1.165) is 22.2 Å². The topological polar surface area (TPSA) is 85.5 Å². The van der Waals surface area contributed by atoms with Crippen molar-refractivity contribution in [1.82, 2.24) is 20.1 Å². The molecule has 0 bridgehead atoms. The van der Waals surface area contributed by atoms with Crippen molar-refractivity contribution in [2.45, 2.75) is 13.5 Å². The van der Waals surface area contributed by atoms with E-state index in [-0.39, 0.29) is 24.9 Å². The summed E-state index contributed by atoms with van der Waals surface area (Å²) in [5, 5.41) is 3.29. The molecule has 0 spiro atoms. The monoisotopic (exact) mass is 314 g/mol. The van der Waals surface area contributed by atoms with E-state index in [1.807, 2.05) is 31.2 Å². The van der Waals surface area contributed by atoms with Gasteiger partial charge in [-0.3, -0.25) is 14.9 Å². The van der Waals surface area contributed by atoms with Gasteiger partial charge in [-0.2, -0.15) is 0 Å². The van der Waals surface area contributed by atoms with Crippen LogP contribution in [0.2, 0.25) is 0 Å². The molecule has 7 nitrogen and oxygen atoms in total. The van der Waals surface area contributed by atoms with Gasteiger partial charge in [-0.05, 0) is 18.6 Å². The van der Waals surface area contributed by atoms with Gasteiger partial charge < -0.3 is 14.8 Å². The number of amides is 4. The van der Waals surface area contributed by atoms with E-state index in [2.05, 4.69) is 10.3 Å². The first-order valence-electron chi connectivity index (χ1n) is 7.34. The van der Waals surface area contributed by atoms with E-state index in [1.54, 1.807) is 11.9 Å². The Morgan fingerprint density at radius 1 is 1.30 bits per heavy atom. The molecule has 1 saturated heterocycles. The van der Waals surface area contributed by atoms with Crippen molar-refractivity contribution in [3.8, 4) is 0 Å². The van der Waals surface area contributed by atoms with Crippen LogP contribution in [0.25, 0.3) is 10.9 Å². The van der Waals surface area contributed by atoms with Gasteiger partial charge in [0.2, 0.25) is 11.8 Å². The van der Waals surface area contributed by atoms with E-state index >= 15 is 0 Å². The number of aromatic nitrogens is 1. The molecule has 0 atom stereocenters. The average molecular weight is 314 g/mol. The summed E-state index contributed by atoms with van der Waals surface area (Å²) in [6.45, 7) is 2.26. The van der Waals surface area contributed by atoms with Crippen LogP contribution in [0, 0.1) is 6.92 Å². The number of carbonyl (C=O) groups excluding carboxylic acids is 3. The molecular weight excluding hydrogens is 296 g/mol. The highest BCUT2D eigenvalue weighted by Crippen LogP contribution is 2.22. The molecule has 0 radical (unpaired) electrons. The van der Waals surface area contributed by atoms with Crippen LogP contribution in [0.4, 0.5) is 4.79 Å². The van der Waals surface area contributed by atoms with Crippen molar-refractivity contribution in [3.63, 3.8) is 0 Å². The number of hydrogen-bond donors (Lipinski definition) is 2. The highest BCUT2D eigenvalue weighted by Gasteiger charge is 2.29. The largest absolute Gasteiger partial charge is 0.357 e. The Labute approximate surface area is 133 Å². The number of rotatable bonds is 4. The van der Waals surface area contributed by atoms with E-state index in [9.17, 15) is 14.4 Å². The fourth-order valence-corrected chi connectivity index (χ4v) is 2.72. The Morgan fingerprint density at radius 3 is 2.70 bits per heavy atom. The van der Waals surface area contributed by atoms with Gasteiger partial charge in [0.25, 0.3) is 0 Å². The zero-order valence-corrected chi connectivity index (χ0v) is 13.0. The molecule has 2 N–H and O–H groups in total. The number of aryl methyl sites for hydroxylation is 1. The predicted molar refractivity (Wildman–Crippen MR) is 84.6 cm³/mol. The second-order valence-corrected chi connectivity index (χ2v) is 5.73. The molecular formula is C16H18N4O3. The first-order valence-corrected chi connectivity index (χ1v) is 7.34. The minimum absolute atomic E-state index is 0.0656. The molecule has 1 aromatic carbocycles. The maximum atomic E-state index is 12.3. The molecule has 3 rings (SSSR count). The second-order valence-electron chi connectivity index (χ2n) is 5.73. The van der Waals surface area contributed by atoms with Gasteiger partial charge in [0.15, 0.2) is 0 Å². The van der Waals surface area contributed by atoms with Gasteiger partial charge in [0.1, 0.15) is 13.1 Å². The molecule has 1 aromatic heterocycles. The van der Waals surface area contributed by atoms with Crippen molar-refractivity contribution in [1.29, 1.82) is 0 Å². The van der Waals surface area contributed by atoms with Crippen LogP contribution in [0.15, 0.2) is 24.3 Å². The third-order valence-corrected chi connectivity index (χ3v) is 4.08. The molecule has 4 amide bonds. The number of fused-ring (bicyclic) bond motifs is 1. The lowest BCUT2D eigenvalue weighted by atomic mass is 10.1. The number of hydrogen-bond acceptors (Lipinski definition) is 3. The Balaban J connectivity index is 1.69. The number of para-hydroxylation sites is 1. The minimum atomic E-state index is -0.515. The normalized spacial score (nSPS) is 14.4. The number of urea groups is 1. The first-order chi connectivity index (χ1) is 11.0. The Bertz CT molecular complexity index is 796. The summed E-state index contributed by atoms with van der Waals surface area (Å²) in [7, 11) is 1.68. The van der Waals surface area contributed by atoms with E-state index in [4.69, 9.17) is 0 Å². The molecule has 0 aliphatic carbocycles. The number of imide groups is 1. The second kappa shape index (κ2) is 5.75. The molecule has 2 aromatic rings. The van der Waals surface area contributed by atoms with E-state index < -0.39 is 6.03 Å². The molecule has 120 valence electrons. The summed E-state index contributed by atoms with van der Waals surface area (Å²) in [4.78, 5) is 41.0. The lowest BCUT2D eigenvalue weighted by molar-refractivity contribution is -0.131. The molecule has 7 heteroatoms. The molecule has 1 aliphatic rings. The molecule has 1 aliphatic heterocycles. The molecule has 23 heavy (non-hydrogen) atoms. The molecule has 1 fully saturated rings. The highest BCUT2D eigenvalue weighted by molar-refractivity contribution is 6.03. The van der Waals surface area contributed by atoms with Gasteiger partial charge in [0.05, 0.1) is 6.54 Å². The first kappa shape index (κ1) is 15.1. The fourth-order valence-electron chi connectivity index (χ4n) is 2.72.